The topological polar surface area (TPSA) is 127 Å². The van der Waals surface area contributed by atoms with Gasteiger partial charge in [-0.2, -0.15) is 0 Å². The van der Waals surface area contributed by atoms with E-state index in [1.54, 1.807) is 13.8 Å². The molecule has 9 heteroatoms. The number of ketones is 2. The third kappa shape index (κ3) is 16.5. The Labute approximate surface area is 182 Å². The largest absolute Gasteiger partial charge is 0.512 e. The summed E-state index contributed by atoms with van der Waals surface area (Å²) >= 11 is 0. The first kappa shape index (κ1) is 31.6. The first-order valence-electron chi connectivity index (χ1n) is 9.08. The van der Waals surface area contributed by atoms with Gasteiger partial charge in [-0.3, -0.25) is 19.2 Å². The van der Waals surface area contributed by atoms with Gasteiger partial charge >= 0.3 is 11.9 Å². The summed E-state index contributed by atoms with van der Waals surface area (Å²) in [6.45, 7) is 9.68. The van der Waals surface area contributed by atoms with E-state index in [1.807, 2.05) is 0 Å². The smallest absolute Gasteiger partial charge is 0.306 e. The minimum atomic E-state index is -0.354. The summed E-state index contributed by atoms with van der Waals surface area (Å²) in [5.41, 5.74) is 0.580. The van der Waals surface area contributed by atoms with Crippen molar-refractivity contribution in [2.24, 2.45) is 0 Å². The van der Waals surface area contributed by atoms with Crippen molar-refractivity contribution in [1.29, 1.82) is 0 Å². The summed E-state index contributed by atoms with van der Waals surface area (Å²) in [6.07, 6.45) is 0.717. The van der Waals surface area contributed by atoms with Crippen molar-refractivity contribution < 1.29 is 55.9 Å². The molecule has 0 fully saturated rings. The van der Waals surface area contributed by atoms with Gasteiger partial charge in [0.15, 0.2) is 11.6 Å². The van der Waals surface area contributed by atoms with Crippen LogP contribution in [0.1, 0.15) is 67.2 Å². The van der Waals surface area contributed by atoms with E-state index < -0.39 is 0 Å². The van der Waals surface area contributed by atoms with Crippen LogP contribution in [-0.2, 0) is 45.7 Å². The number of aliphatic hydroxyl groups is 2. The maximum absolute atomic E-state index is 11.0. The normalized spacial score (nSPS) is 11.5. The molecule has 0 aliphatic carbocycles. The predicted octanol–water partition coefficient (Wildman–Crippen LogP) is 3.50. The van der Waals surface area contributed by atoms with Crippen LogP contribution < -0.4 is 0 Å². The summed E-state index contributed by atoms with van der Waals surface area (Å²) in [7, 11) is 0. The van der Waals surface area contributed by atoms with Crippen molar-refractivity contribution in [3.63, 3.8) is 0 Å². The molecule has 2 N–H and O–H groups in total. The van der Waals surface area contributed by atoms with E-state index in [9.17, 15) is 19.2 Å². The van der Waals surface area contributed by atoms with Crippen LogP contribution in [0, 0.1) is 0 Å². The fourth-order valence-electron chi connectivity index (χ4n) is 2.14. The Morgan fingerprint density at radius 2 is 0.897 bits per heavy atom. The third-order valence-corrected chi connectivity index (χ3v) is 3.49. The summed E-state index contributed by atoms with van der Waals surface area (Å²) in [6, 6.07) is 0. The zero-order valence-electron chi connectivity index (χ0n) is 17.9. The van der Waals surface area contributed by atoms with Gasteiger partial charge < -0.3 is 19.7 Å². The van der Waals surface area contributed by atoms with E-state index in [1.165, 1.54) is 27.7 Å². The van der Waals surface area contributed by atoms with Crippen LogP contribution in [0.5, 0.6) is 0 Å². The Morgan fingerprint density at radius 3 is 1.07 bits per heavy atom. The van der Waals surface area contributed by atoms with Gasteiger partial charge in [-0.05, 0) is 54.4 Å². The van der Waals surface area contributed by atoms with Gasteiger partial charge in [-0.1, -0.05) is 0 Å². The second kappa shape index (κ2) is 17.9. The molecule has 0 bridgehead atoms. The summed E-state index contributed by atoms with van der Waals surface area (Å²) in [5, 5.41) is 18.3. The van der Waals surface area contributed by atoms with Gasteiger partial charge in [0.1, 0.15) is 0 Å². The van der Waals surface area contributed by atoms with Gasteiger partial charge in [0.25, 0.3) is 0 Å². The van der Waals surface area contributed by atoms with Crippen molar-refractivity contribution in [2.45, 2.75) is 67.2 Å². The Kier molecular flexibility index (Phi) is 19.5. The van der Waals surface area contributed by atoms with Crippen LogP contribution in [0.15, 0.2) is 22.7 Å². The van der Waals surface area contributed by atoms with Crippen molar-refractivity contribution in [1.82, 2.24) is 0 Å². The van der Waals surface area contributed by atoms with E-state index in [0.717, 1.165) is 0 Å². The summed E-state index contributed by atoms with van der Waals surface area (Å²) in [4.78, 5) is 43.9. The second-order valence-corrected chi connectivity index (χ2v) is 5.85. The minimum absolute atomic E-state index is 0. The molecular weight excluding hydrogens is 432 g/mol. The molecule has 8 nitrogen and oxygen atoms in total. The molecule has 0 aromatic carbocycles. The molecule has 1 radical (unpaired) electrons. The molecule has 29 heavy (non-hydrogen) atoms. The van der Waals surface area contributed by atoms with Crippen molar-refractivity contribution in [3.05, 3.63) is 22.7 Å². The molecule has 0 amide bonds. The van der Waals surface area contributed by atoms with Crippen molar-refractivity contribution >= 4 is 23.5 Å². The zero-order chi connectivity index (χ0) is 22.3. The maximum atomic E-state index is 11.0. The number of rotatable bonds is 10. The average Bonchev–Trinajstić information content (AvgIpc) is 2.54. The molecule has 0 saturated carbocycles. The Morgan fingerprint density at radius 1 is 0.621 bits per heavy atom. The van der Waals surface area contributed by atoms with E-state index in [0.29, 0.717) is 13.2 Å². The molecule has 0 rings (SSSR count). The molecular formula is C20H32CuO8. The number of hydrogen-bond donors (Lipinski definition) is 2. The van der Waals surface area contributed by atoms with Gasteiger partial charge in [-0.15, -0.1) is 0 Å². The van der Waals surface area contributed by atoms with E-state index in [-0.39, 0.29) is 88.9 Å². The van der Waals surface area contributed by atoms with E-state index >= 15 is 0 Å². The first-order valence-corrected chi connectivity index (χ1v) is 9.08. The number of aliphatic hydroxyl groups excluding tert-OH is 2. The van der Waals surface area contributed by atoms with Gasteiger partial charge in [0, 0.05) is 41.1 Å². The molecule has 0 aromatic heterocycles. The monoisotopic (exact) mass is 463 g/mol. The van der Waals surface area contributed by atoms with Gasteiger partial charge in [-0.25, -0.2) is 0 Å². The van der Waals surface area contributed by atoms with Gasteiger partial charge in [0.2, 0.25) is 0 Å². The van der Waals surface area contributed by atoms with Crippen LogP contribution in [-0.4, -0.2) is 46.9 Å². The molecule has 0 unspecified atom stereocenters. The van der Waals surface area contributed by atoms with Crippen molar-refractivity contribution in [2.75, 3.05) is 13.2 Å². The SMILES string of the molecule is CCOC(=O)CC/C(C(C)=O)=C(\C)O.CCOC(=O)CC/C(C(C)=O)=C(\C)O.[Cu]. The van der Waals surface area contributed by atoms with Crippen LogP contribution >= 0.6 is 0 Å². The Hall–Kier alpha value is -2.12. The molecule has 0 saturated heterocycles. The fraction of sp³-hybridized carbons (Fsp3) is 0.600. The van der Waals surface area contributed by atoms with Crippen LogP contribution in [0.4, 0.5) is 0 Å². The quantitative estimate of drug-likeness (QED) is 0.218. The number of carbonyl (C=O) groups is 4. The number of hydrogen-bond acceptors (Lipinski definition) is 8. The number of esters is 2. The van der Waals surface area contributed by atoms with Gasteiger partial charge in [0.05, 0.1) is 24.7 Å². The molecule has 0 aliphatic heterocycles. The summed E-state index contributed by atoms with van der Waals surface area (Å²) < 4.78 is 9.39. The average molecular weight is 464 g/mol. The standard InChI is InChI=1S/2C10H16O4.Cu/c2*1-4-14-10(13)6-5-9(7(2)11)8(3)12;/h2*11H,4-6H2,1-3H3;/b2*9-7-;. The minimum Gasteiger partial charge on any atom is -0.512 e. The number of carbonyl (C=O) groups excluding carboxylic acids is 4. The molecule has 0 atom stereocenters. The first-order chi connectivity index (χ1) is 13.0. The molecule has 171 valence electrons. The Bertz CT molecular complexity index is 558. The number of allylic oxidation sites excluding steroid dienone is 4. The number of Topliss-reactive ketones (excluding diaryl/α,β-unsaturated/α-hetero) is 2. The van der Waals surface area contributed by atoms with Crippen LogP contribution in [0.2, 0.25) is 0 Å². The fourth-order valence-corrected chi connectivity index (χ4v) is 2.14. The summed E-state index contributed by atoms with van der Waals surface area (Å²) in [5.74, 6) is -1.19. The van der Waals surface area contributed by atoms with Crippen molar-refractivity contribution in [3.8, 4) is 0 Å². The Balaban J connectivity index is -0.000000451. The second-order valence-electron chi connectivity index (χ2n) is 5.85. The molecule has 0 heterocycles. The van der Waals surface area contributed by atoms with E-state index in [4.69, 9.17) is 19.7 Å². The van der Waals surface area contributed by atoms with Crippen LogP contribution in [0.25, 0.3) is 0 Å². The molecule has 0 aliphatic rings. The third-order valence-electron chi connectivity index (χ3n) is 3.49. The predicted molar refractivity (Wildman–Crippen MR) is 104 cm³/mol. The van der Waals surface area contributed by atoms with Crippen LogP contribution in [0.3, 0.4) is 0 Å². The van der Waals surface area contributed by atoms with E-state index in [2.05, 4.69) is 0 Å². The molecule has 0 aromatic rings. The number of ether oxygens (including phenoxy) is 2. The molecule has 0 spiro atoms. The zero-order valence-corrected chi connectivity index (χ0v) is 18.8. The maximum Gasteiger partial charge on any atom is 0.306 e.